The Bertz CT molecular complexity index is 663. The van der Waals surface area contributed by atoms with Crippen LogP contribution in [0.1, 0.15) is 26.5 Å². The van der Waals surface area contributed by atoms with E-state index in [1.807, 2.05) is 27.0 Å². The van der Waals surface area contributed by atoms with Gasteiger partial charge in [-0.3, -0.25) is 10.1 Å². The molecule has 1 aromatic heterocycles. The van der Waals surface area contributed by atoms with Gasteiger partial charge in [0.2, 0.25) is 0 Å². The first-order valence-electron chi connectivity index (χ1n) is 6.37. The molecule has 2 rings (SSSR count). The number of hydrogen-bond acceptors (Lipinski definition) is 5. The van der Waals surface area contributed by atoms with Gasteiger partial charge in [0.15, 0.2) is 0 Å². The Kier molecular flexibility index (Phi) is 4.26. The SMILES string of the molecule is CC(C)(C)n1cc(CNc2ccc(Br)cc2[N+](=O)[O-])nn1. The van der Waals surface area contributed by atoms with Gasteiger partial charge in [0.1, 0.15) is 11.4 Å². The minimum Gasteiger partial charge on any atom is -0.374 e. The molecule has 1 heterocycles. The van der Waals surface area contributed by atoms with Crippen molar-refractivity contribution in [1.29, 1.82) is 0 Å². The molecule has 0 aliphatic heterocycles. The van der Waals surface area contributed by atoms with E-state index in [2.05, 4.69) is 31.6 Å². The molecule has 21 heavy (non-hydrogen) atoms. The number of aromatic nitrogens is 3. The molecule has 7 nitrogen and oxygen atoms in total. The first kappa shape index (κ1) is 15.4. The Morgan fingerprint density at radius 3 is 2.71 bits per heavy atom. The summed E-state index contributed by atoms with van der Waals surface area (Å²) in [6, 6.07) is 4.88. The summed E-state index contributed by atoms with van der Waals surface area (Å²) in [5.74, 6) is 0. The first-order chi connectivity index (χ1) is 9.77. The molecule has 112 valence electrons. The second-order valence-corrected chi connectivity index (χ2v) is 6.51. The second kappa shape index (κ2) is 5.80. The summed E-state index contributed by atoms with van der Waals surface area (Å²) < 4.78 is 2.43. The van der Waals surface area contributed by atoms with Crippen molar-refractivity contribution < 1.29 is 4.92 Å². The quantitative estimate of drug-likeness (QED) is 0.672. The van der Waals surface area contributed by atoms with Crippen LogP contribution in [0.5, 0.6) is 0 Å². The number of nitro benzene ring substituents is 1. The number of nitrogens with zero attached hydrogens (tertiary/aromatic N) is 4. The minimum absolute atomic E-state index is 0.0209. The number of hydrogen-bond donors (Lipinski definition) is 1. The Balaban J connectivity index is 2.13. The average Bonchev–Trinajstić information content (AvgIpc) is 2.85. The molecule has 0 amide bonds. The fourth-order valence-corrected chi connectivity index (χ4v) is 2.05. The highest BCUT2D eigenvalue weighted by molar-refractivity contribution is 9.10. The highest BCUT2D eigenvalue weighted by atomic mass is 79.9. The van der Waals surface area contributed by atoms with Crippen LogP contribution in [-0.2, 0) is 12.1 Å². The van der Waals surface area contributed by atoms with Crippen LogP contribution < -0.4 is 5.32 Å². The smallest absolute Gasteiger partial charge is 0.293 e. The molecule has 0 spiro atoms. The summed E-state index contributed by atoms with van der Waals surface area (Å²) in [6.07, 6.45) is 1.83. The van der Waals surface area contributed by atoms with E-state index >= 15 is 0 Å². The molecule has 0 aliphatic rings. The number of nitro groups is 1. The fraction of sp³-hybridized carbons (Fsp3) is 0.385. The van der Waals surface area contributed by atoms with Gasteiger partial charge in [0.05, 0.1) is 23.2 Å². The second-order valence-electron chi connectivity index (χ2n) is 5.60. The molecule has 2 aromatic rings. The van der Waals surface area contributed by atoms with Crippen LogP contribution in [0.4, 0.5) is 11.4 Å². The number of anilines is 1. The number of nitrogens with one attached hydrogen (secondary N) is 1. The van der Waals surface area contributed by atoms with E-state index in [0.717, 1.165) is 5.69 Å². The van der Waals surface area contributed by atoms with Crippen molar-refractivity contribution in [3.05, 3.63) is 44.7 Å². The topological polar surface area (TPSA) is 85.9 Å². The van der Waals surface area contributed by atoms with E-state index in [0.29, 0.717) is 16.7 Å². The molecule has 0 unspecified atom stereocenters. The van der Waals surface area contributed by atoms with Crippen LogP contribution in [0, 0.1) is 10.1 Å². The lowest BCUT2D eigenvalue weighted by atomic mass is 10.1. The van der Waals surface area contributed by atoms with Crippen molar-refractivity contribution in [3.8, 4) is 0 Å². The fourth-order valence-electron chi connectivity index (χ4n) is 1.70. The summed E-state index contributed by atoms with van der Waals surface area (Å²) in [5.41, 5.74) is 1.05. The Morgan fingerprint density at radius 2 is 2.14 bits per heavy atom. The van der Waals surface area contributed by atoms with E-state index in [4.69, 9.17) is 0 Å². The molecule has 8 heteroatoms. The van der Waals surface area contributed by atoms with Gasteiger partial charge in [-0.1, -0.05) is 21.1 Å². The molecule has 1 aromatic carbocycles. The van der Waals surface area contributed by atoms with Crippen molar-refractivity contribution in [1.82, 2.24) is 15.0 Å². The van der Waals surface area contributed by atoms with Crippen LogP contribution in [-0.4, -0.2) is 19.9 Å². The van der Waals surface area contributed by atoms with Crippen LogP contribution >= 0.6 is 15.9 Å². The lowest BCUT2D eigenvalue weighted by molar-refractivity contribution is -0.384. The zero-order valence-electron chi connectivity index (χ0n) is 12.0. The Hall–Kier alpha value is -1.96. The molecule has 0 radical (unpaired) electrons. The molecular formula is C13H16BrN5O2. The van der Waals surface area contributed by atoms with Crippen molar-refractivity contribution in [2.75, 3.05) is 5.32 Å². The molecule has 0 bridgehead atoms. The van der Waals surface area contributed by atoms with Gasteiger partial charge in [-0.15, -0.1) is 5.10 Å². The molecule has 0 atom stereocenters. The van der Waals surface area contributed by atoms with E-state index in [-0.39, 0.29) is 11.2 Å². The zero-order chi connectivity index (χ0) is 15.6. The maximum Gasteiger partial charge on any atom is 0.293 e. The number of benzene rings is 1. The van der Waals surface area contributed by atoms with E-state index in [1.165, 1.54) is 6.07 Å². The summed E-state index contributed by atoms with van der Waals surface area (Å²) >= 11 is 3.23. The standard InChI is InChI=1S/C13H16BrN5O2/c1-13(2,3)18-8-10(16-17-18)7-15-11-5-4-9(14)6-12(11)19(20)21/h4-6,8,15H,7H2,1-3H3. The number of rotatable bonds is 4. The summed E-state index contributed by atoms with van der Waals surface area (Å²) in [5, 5.41) is 22.2. The summed E-state index contributed by atoms with van der Waals surface area (Å²) in [6.45, 7) is 6.45. The molecule has 0 saturated carbocycles. The van der Waals surface area contributed by atoms with Gasteiger partial charge in [-0.25, -0.2) is 4.68 Å². The van der Waals surface area contributed by atoms with Gasteiger partial charge < -0.3 is 5.32 Å². The van der Waals surface area contributed by atoms with Crippen LogP contribution in [0.25, 0.3) is 0 Å². The van der Waals surface area contributed by atoms with E-state index in [1.54, 1.807) is 16.8 Å². The van der Waals surface area contributed by atoms with Crippen LogP contribution in [0.2, 0.25) is 0 Å². The number of halogens is 1. The molecule has 0 fully saturated rings. The maximum atomic E-state index is 11.0. The van der Waals surface area contributed by atoms with Gasteiger partial charge >= 0.3 is 0 Å². The molecular weight excluding hydrogens is 338 g/mol. The normalized spacial score (nSPS) is 11.4. The van der Waals surface area contributed by atoms with Gasteiger partial charge in [-0.2, -0.15) is 0 Å². The maximum absolute atomic E-state index is 11.0. The highest BCUT2D eigenvalue weighted by Crippen LogP contribution is 2.28. The minimum atomic E-state index is -0.418. The third-order valence-corrected chi connectivity index (χ3v) is 3.34. The van der Waals surface area contributed by atoms with Gasteiger partial charge in [0.25, 0.3) is 5.69 Å². The van der Waals surface area contributed by atoms with Crippen molar-refractivity contribution in [2.24, 2.45) is 0 Å². The lowest BCUT2D eigenvalue weighted by Crippen LogP contribution is -2.22. The molecule has 0 saturated heterocycles. The third-order valence-electron chi connectivity index (χ3n) is 2.84. The lowest BCUT2D eigenvalue weighted by Gasteiger charge is -2.17. The van der Waals surface area contributed by atoms with Gasteiger partial charge in [0, 0.05) is 10.5 Å². The molecule has 1 N–H and O–H groups in total. The Morgan fingerprint density at radius 1 is 1.43 bits per heavy atom. The highest BCUT2D eigenvalue weighted by Gasteiger charge is 2.17. The van der Waals surface area contributed by atoms with Crippen molar-refractivity contribution in [2.45, 2.75) is 32.9 Å². The average molecular weight is 354 g/mol. The van der Waals surface area contributed by atoms with Crippen molar-refractivity contribution in [3.63, 3.8) is 0 Å². The first-order valence-corrected chi connectivity index (χ1v) is 7.16. The van der Waals surface area contributed by atoms with Crippen LogP contribution in [0.3, 0.4) is 0 Å². The van der Waals surface area contributed by atoms with Gasteiger partial charge in [-0.05, 0) is 32.9 Å². The predicted octanol–water partition coefficient (Wildman–Crippen LogP) is 3.32. The Labute approximate surface area is 130 Å². The monoisotopic (exact) mass is 353 g/mol. The molecule has 0 aliphatic carbocycles. The van der Waals surface area contributed by atoms with E-state index < -0.39 is 4.92 Å². The third kappa shape index (κ3) is 3.78. The summed E-state index contributed by atoms with van der Waals surface area (Å²) in [7, 11) is 0. The van der Waals surface area contributed by atoms with Crippen molar-refractivity contribution >= 4 is 27.3 Å². The summed E-state index contributed by atoms with van der Waals surface area (Å²) in [4.78, 5) is 10.6. The van der Waals surface area contributed by atoms with E-state index in [9.17, 15) is 10.1 Å². The zero-order valence-corrected chi connectivity index (χ0v) is 13.6. The van der Waals surface area contributed by atoms with Crippen LogP contribution in [0.15, 0.2) is 28.9 Å². The predicted molar refractivity (Wildman–Crippen MR) is 83.1 cm³/mol. The largest absolute Gasteiger partial charge is 0.374 e.